The number of benzene rings is 1. The van der Waals surface area contributed by atoms with E-state index in [2.05, 4.69) is 21.2 Å². The second-order valence-electron chi connectivity index (χ2n) is 5.82. The summed E-state index contributed by atoms with van der Waals surface area (Å²) in [6.07, 6.45) is 5.29. The summed E-state index contributed by atoms with van der Waals surface area (Å²) in [6, 6.07) is 3.99. The minimum Gasteiger partial charge on any atom is -0.327 e. The van der Waals surface area contributed by atoms with Crippen LogP contribution >= 0.6 is 15.9 Å². The lowest BCUT2D eigenvalue weighted by Gasteiger charge is -2.21. The molecule has 1 amide bonds. The maximum absolute atomic E-state index is 12.4. The summed E-state index contributed by atoms with van der Waals surface area (Å²) in [5.41, 5.74) is 9.27. The van der Waals surface area contributed by atoms with Crippen LogP contribution in [0.5, 0.6) is 0 Å². The highest BCUT2D eigenvalue weighted by molar-refractivity contribution is 9.10. The van der Waals surface area contributed by atoms with Gasteiger partial charge in [0, 0.05) is 16.2 Å². The molecule has 1 saturated carbocycles. The van der Waals surface area contributed by atoms with Crippen LogP contribution in [0, 0.1) is 19.8 Å². The Kier molecular flexibility index (Phi) is 5.22. The number of halogens is 1. The molecule has 2 atom stereocenters. The maximum Gasteiger partial charge on any atom is 0.229 e. The molecule has 4 heteroatoms. The van der Waals surface area contributed by atoms with Crippen LogP contribution in [-0.4, -0.2) is 11.9 Å². The summed E-state index contributed by atoms with van der Waals surface area (Å²) >= 11 is 3.54. The number of nitrogens with two attached hydrogens (primary N) is 1. The Bertz CT molecular complexity index is 478. The molecule has 0 aromatic heterocycles. The van der Waals surface area contributed by atoms with Crippen LogP contribution < -0.4 is 11.1 Å². The van der Waals surface area contributed by atoms with E-state index in [0.717, 1.165) is 47.0 Å². The van der Waals surface area contributed by atoms with Crippen LogP contribution in [0.25, 0.3) is 0 Å². The fourth-order valence-electron chi connectivity index (χ4n) is 2.91. The highest BCUT2D eigenvalue weighted by atomic mass is 79.9. The predicted octanol–water partition coefficient (Wildman–Crippen LogP) is 3.91. The van der Waals surface area contributed by atoms with Crippen molar-refractivity contribution in [1.82, 2.24) is 0 Å². The van der Waals surface area contributed by atoms with Gasteiger partial charge in [0.1, 0.15) is 0 Å². The monoisotopic (exact) mass is 338 g/mol. The van der Waals surface area contributed by atoms with Gasteiger partial charge in [0.05, 0.1) is 5.92 Å². The number of carbonyl (C=O) groups excluding carboxylic acids is 1. The molecular formula is C16H23BrN2O. The normalized spacial score (nSPS) is 23.2. The molecule has 0 aliphatic heterocycles. The lowest BCUT2D eigenvalue weighted by atomic mass is 9.94. The molecule has 2 rings (SSSR count). The van der Waals surface area contributed by atoms with E-state index < -0.39 is 0 Å². The van der Waals surface area contributed by atoms with E-state index in [1.165, 1.54) is 6.42 Å². The Hall–Kier alpha value is -0.870. The van der Waals surface area contributed by atoms with Gasteiger partial charge in [0.25, 0.3) is 0 Å². The van der Waals surface area contributed by atoms with Crippen molar-refractivity contribution in [3.05, 3.63) is 27.7 Å². The van der Waals surface area contributed by atoms with E-state index >= 15 is 0 Å². The Morgan fingerprint density at radius 3 is 2.45 bits per heavy atom. The number of hydrogen-bond acceptors (Lipinski definition) is 2. The number of rotatable bonds is 2. The summed E-state index contributed by atoms with van der Waals surface area (Å²) in [7, 11) is 0. The van der Waals surface area contributed by atoms with E-state index in [4.69, 9.17) is 5.73 Å². The first kappa shape index (κ1) is 15.5. The molecule has 0 heterocycles. The number of amides is 1. The molecule has 1 fully saturated rings. The van der Waals surface area contributed by atoms with Gasteiger partial charge in [0.2, 0.25) is 5.91 Å². The average Bonchev–Trinajstić information content (AvgIpc) is 2.60. The van der Waals surface area contributed by atoms with E-state index in [1.807, 2.05) is 26.0 Å². The van der Waals surface area contributed by atoms with Crippen LogP contribution in [-0.2, 0) is 4.79 Å². The third-order valence-electron chi connectivity index (χ3n) is 4.11. The van der Waals surface area contributed by atoms with Gasteiger partial charge in [0.15, 0.2) is 0 Å². The molecule has 20 heavy (non-hydrogen) atoms. The van der Waals surface area contributed by atoms with Crippen molar-refractivity contribution in [2.24, 2.45) is 11.7 Å². The zero-order valence-electron chi connectivity index (χ0n) is 12.2. The fourth-order valence-corrected chi connectivity index (χ4v) is 3.14. The summed E-state index contributed by atoms with van der Waals surface area (Å²) in [6.45, 7) is 4.06. The van der Waals surface area contributed by atoms with Gasteiger partial charge in [-0.25, -0.2) is 0 Å². The van der Waals surface area contributed by atoms with Crippen molar-refractivity contribution < 1.29 is 4.79 Å². The van der Waals surface area contributed by atoms with Crippen molar-refractivity contribution in [1.29, 1.82) is 0 Å². The molecule has 3 N–H and O–H groups in total. The molecule has 3 nitrogen and oxygen atoms in total. The molecule has 0 saturated heterocycles. The van der Waals surface area contributed by atoms with E-state index in [-0.39, 0.29) is 17.9 Å². The summed E-state index contributed by atoms with van der Waals surface area (Å²) < 4.78 is 1.10. The number of aryl methyl sites for hydroxylation is 2. The number of anilines is 1. The van der Waals surface area contributed by atoms with Gasteiger partial charge < -0.3 is 11.1 Å². The lowest BCUT2D eigenvalue weighted by molar-refractivity contribution is -0.120. The van der Waals surface area contributed by atoms with Crippen molar-refractivity contribution in [2.75, 3.05) is 5.32 Å². The van der Waals surface area contributed by atoms with Crippen molar-refractivity contribution in [2.45, 2.75) is 52.0 Å². The van der Waals surface area contributed by atoms with Gasteiger partial charge in [-0.2, -0.15) is 0 Å². The Balaban J connectivity index is 2.10. The van der Waals surface area contributed by atoms with Gasteiger partial charge >= 0.3 is 0 Å². The molecule has 2 unspecified atom stereocenters. The average molecular weight is 339 g/mol. The molecule has 0 radical (unpaired) electrons. The molecule has 1 aromatic rings. The first-order chi connectivity index (χ1) is 9.49. The van der Waals surface area contributed by atoms with Gasteiger partial charge in [-0.3, -0.25) is 4.79 Å². The predicted molar refractivity (Wildman–Crippen MR) is 86.8 cm³/mol. The first-order valence-electron chi connectivity index (χ1n) is 7.32. The summed E-state index contributed by atoms with van der Waals surface area (Å²) in [4.78, 5) is 12.4. The van der Waals surface area contributed by atoms with Crippen LogP contribution in [0.4, 0.5) is 5.69 Å². The largest absolute Gasteiger partial charge is 0.327 e. The van der Waals surface area contributed by atoms with Crippen molar-refractivity contribution in [3.63, 3.8) is 0 Å². The van der Waals surface area contributed by atoms with Crippen LogP contribution in [0.2, 0.25) is 0 Å². The first-order valence-corrected chi connectivity index (χ1v) is 8.11. The van der Waals surface area contributed by atoms with Crippen molar-refractivity contribution in [3.8, 4) is 0 Å². The van der Waals surface area contributed by atoms with E-state index in [0.29, 0.717) is 0 Å². The van der Waals surface area contributed by atoms with Gasteiger partial charge in [-0.1, -0.05) is 35.2 Å². The van der Waals surface area contributed by atoms with E-state index in [9.17, 15) is 4.79 Å². The highest BCUT2D eigenvalue weighted by Crippen LogP contribution is 2.27. The Morgan fingerprint density at radius 1 is 1.20 bits per heavy atom. The minimum atomic E-state index is -0.0539. The zero-order valence-corrected chi connectivity index (χ0v) is 13.8. The Labute approximate surface area is 129 Å². The highest BCUT2D eigenvalue weighted by Gasteiger charge is 2.27. The third-order valence-corrected chi connectivity index (χ3v) is 5.36. The van der Waals surface area contributed by atoms with Gasteiger partial charge in [-0.15, -0.1) is 0 Å². The molecule has 1 aliphatic carbocycles. The second kappa shape index (κ2) is 6.72. The zero-order chi connectivity index (χ0) is 14.7. The molecule has 0 spiro atoms. The second-order valence-corrected chi connectivity index (χ2v) is 6.61. The number of hydrogen-bond donors (Lipinski definition) is 2. The number of carbonyl (C=O) groups is 1. The maximum atomic E-state index is 12.4. The Morgan fingerprint density at radius 2 is 1.80 bits per heavy atom. The molecule has 0 bridgehead atoms. The summed E-state index contributed by atoms with van der Waals surface area (Å²) in [5.74, 6) is 0.0160. The minimum absolute atomic E-state index is 0.00450. The lowest BCUT2D eigenvalue weighted by Crippen LogP contribution is -2.37. The number of nitrogens with one attached hydrogen (secondary N) is 1. The molecule has 1 aliphatic rings. The van der Waals surface area contributed by atoms with Crippen molar-refractivity contribution >= 4 is 27.5 Å². The van der Waals surface area contributed by atoms with Crippen LogP contribution in [0.15, 0.2) is 16.6 Å². The van der Waals surface area contributed by atoms with Gasteiger partial charge in [-0.05, 0) is 49.9 Å². The van der Waals surface area contributed by atoms with Crippen LogP contribution in [0.1, 0.15) is 43.2 Å². The van der Waals surface area contributed by atoms with E-state index in [1.54, 1.807) is 0 Å². The quantitative estimate of drug-likeness (QED) is 0.803. The molecular weight excluding hydrogens is 316 g/mol. The SMILES string of the molecule is Cc1cc(NC(=O)C2CCCCCC2N)cc(C)c1Br. The topological polar surface area (TPSA) is 55.1 Å². The fraction of sp³-hybridized carbons (Fsp3) is 0.562. The summed E-state index contributed by atoms with van der Waals surface area (Å²) in [5, 5.41) is 3.04. The smallest absolute Gasteiger partial charge is 0.229 e. The standard InChI is InChI=1S/C16H23BrN2O/c1-10-8-12(9-11(2)15(10)17)19-16(20)13-6-4-3-5-7-14(13)18/h8-9,13-14H,3-7,18H2,1-2H3,(H,19,20). The molecule has 1 aromatic carbocycles. The third kappa shape index (κ3) is 3.61. The molecule has 110 valence electrons. The van der Waals surface area contributed by atoms with Crippen LogP contribution in [0.3, 0.4) is 0 Å².